The van der Waals surface area contributed by atoms with E-state index >= 15 is 0 Å². The molecule has 0 saturated heterocycles. The maximum Gasteiger partial charge on any atom is 0.189 e. The number of ketones is 1. The number of aryl methyl sites for hydroxylation is 2. The van der Waals surface area contributed by atoms with E-state index in [-0.39, 0.29) is 11.5 Å². The quantitative estimate of drug-likeness (QED) is 0.537. The average molecular weight is 335 g/mol. The van der Waals surface area contributed by atoms with Gasteiger partial charge in [0.1, 0.15) is 10.8 Å². The first-order chi connectivity index (χ1) is 11.5. The lowest BCUT2D eigenvalue weighted by molar-refractivity contribution is 0.104. The number of benzene rings is 2. The highest BCUT2D eigenvalue weighted by atomic mass is 32.1. The zero-order valence-electron chi connectivity index (χ0n) is 13.5. The van der Waals surface area contributed by atoms with Crippen LogP contribution in [0.2, 0.25) is 0 Å². The molecule has 0 bridgehead atoms. The lowest BCUT2D eigenvalue weighted by atomic mass is 10.0. The molecule has 0 aliphatic rings. The van der Waals surface area contributed by atoms with Crippen molar-refractivity contribution in [3.05, 3.63) is 76.3 Å². The largest absolute Gasteiger partial charge is 0.507 e. The number of allylic oxidation sites excluding steroid dienone is 1. The molecule has 0 saturated carbocycles. The molecular weight excluding hydrogens is 318 g/mol. The van der Waals surface area contributed by atoms with Crippen molar-refractivity contribution in [2.45, 2.75) is 13.8 Å². The first-order valence-corrected chi connectivity index (χ1v) is 8.46. The van der Waals surface area contributed by atoms with E-state index in [0.29, 0.717) is 5.56 Å². The molecule has 0 amide bonds. The minimum atomic E-state index is -0.232. The number of hydrogen-bond donors (Lipinski definition) is 1. The smallest absolute Gasteiger partial charge is 0.189 e. The summed E-state index contributed by atoms with van der Waals surface area (Å²) in [4.78, 5) is 16.8. The van der Waals surface area contributed by atoms with E-state index in [2.05, 4.69) is 4.98 Å². The SMILES string of the molecule is Cc1cc(O)c(C(=O)/C=C/c2csc(-c3ccccc3)n2)cc1C. The van der Waals surface area contributed by atoms with Crippen LogP contribution in [-0.2, 0) is 0 Å². The number of aromatic hydroxyl groups is 1. The molecule has 0 aliphatic carbocycles. The van der Waals surface area contributed by atoms with E-state index in [0.717, 1.165) is 27.4 Å². The van der Waals surface area contributed by atoms with Crippen molar-refractivity contribution in [1.82, 2.24) is 4.98 Å². The molecule has 1 N–H and O–H groups in total. The maximum absolute atomic E-state index is 12.3. The van der Waals surface area contributed by atoms with Crippen molar-refractivity contribution in [2.24, 2.45) is 0 Å². The molecule has 0 fully saturated rings. The van der Waals surface area contributed by atoms with Crippen molar-refractivity contribution in [3.63, 3.8) is 0 Å². The summed E-state index contributed by atoms with van der Waals surface area (Å²) in [5.41, 5.74) is 4.04. The topological polar surface area (TPSA) is 50.2 Å². The van der Waals surface area contributed by atoms with Crippen LogP contribution in [0, 0.1) is 13.8 Å². The summed E-state index contributed by atoms with van der Waals surface area (Å²) in [6, 6.07) is 13.2. The van der Waals surface area contributed by atoms with Crippen molar-refractivity contribution in [2.75, 3.05) is 0 Å². The molecule has 4 heteroatoms. The molecule has 1 aromatic heterocycles. The van der Waals surface area contributed by atoms with Gasteiger partial charge in [-0.15, -0.1) is 11.3 Å². The zero-order chi connectivity index (χ0) is 17.1. The van der Waals surface area contributed by atoms with Gasteiger partial charge in [0.25, 0.3) is 0 Å². The van der Waals surface area contributed by atoms with Crippen LogP contribution in [0.25, 0.3) is 16.6 Å². The Balaban J connectivity index is 1.80. The van der Waals surface area contributed by atoms with Crippen LogP contribution in [0.3, 0.4) is 0 Å². The number of thiazole rings is 1. The first-order valence-electron chi connectivity index (χ1n) is 7.58. The fourth-order valence-electron chi connectivity index (χ4n) is 2.33. The van der Waals surface area contributed by atoms with E-state index in [1.165, 1.54) is 17.4 Å². The van der Waals surface area contributed by atoms with Gasteiger partial charge in [-0.1, -0.05) is 30.3 Å². The van der Waals surface area contributed by atoms with Gasteiger partial charge in [0.15, 0.2) is 5.78 Å². The molecule has 120 valence electrons. The third-order valence-corrected chi connectivity index (χ3v) is 4.74. The fourth-order valence-corrected chi connectivity index (χ4v) is 3.12. The number of phenols is 1. The highest BCUT2D eigenvalue weighted by molar-refractivity contribution is 7.13. The van der Waals surface area contributed by atoms with Gasteiger partial charge >= 0.3 is 0 Å². The summed E-state index contributed by atoms with van der Waals surface area (Å²) < 4.78 is 0. The number of nitrogens with zero attached hydrogens (tertiary/aromatic N) is 1. The summed E-state index contributed by atoms with van der Waals surface area (Å²) in [5, 5.41) is 12.8. The number of aromatic nitrogens is 1. The van der Waals surface area contributed by atoms with Crippen LogP contribution in [0.15, 0.2) is 53.9 Å². The monoisotopic (exact) mass is 335 g/mol. The summed E-state index contributed by atoms with van der Waals surface area (Å²) in [5.74, 6) is -0.221. The molecule has 2 aromatic carbocycles. The zero-order valence-corrected chi connectivity index (χ0v) is 14.3. The second kappa shape index (κ2) is 6.81. The molecule has 1 heterocycles. The normalized spacial score (nSPS) is 11.1. The average Bonchev–Trinajstić information content (AvgIpc) is 3.06. The van der Waals surface area contributed by atoms with Crippen LogP contribution < -0.4 is 0 Å². The molecule has 0 atom stereocenters. The predicted molar refractivity (Wildman–Crippen MR) is 98.5 cm³/mol. The molecular formula is C20H17NO2S. The third kappa shape index (κ3) is 3.44. The Bertz CT molecular complexity index is 911. The summed E-state index contributed by atoms with van der Waals surface area (Å²) in [6.45, 7) is 3.82. The highest BCUT2D eigenvalue weighted by Crippen LogP contribution is 2.25. The summed E-state index contributed by atoms with van der Waals surface area (Å²) in [6.07, 6.45) is 3.13. The number of rotatable bonds is 4. The van der Waals surface area contributed by atoms with Gasteiger partial charge in [0, 0.05) is 10.9 Å². The highest BCUT2D eigenvalue weighted by Gasteiger charge is 2.10. The van der Waals surface area contributed by atoms with Gasteiger partial charge in [-0.2, -0.15) is 0 Å². The van der Waals surface area contributed by atoms with E-state index in [9.17, 15) is 9.90 Å². The van der Waals surface area contributed by atoms with Crippen molar-refractivity contribution in [1.29, 1.82) is 0 Å². The fraction of sp³-hybridized carbons (Fsp3) is 0.100. The molecule has 0 radical (unpaired) electrons. The minimum Gasteiger partial charge on any atom is -0.507 e. The molecule has 3 rings (SSSR count). The third-order valence-electron chi connectivity index (χ3n) is 3.83. The van der Waals surface area contributed by atoms with Gasteiger partial charge < -0.3 is 5.11 Å². The molecule has 0 spiro atoms. The standard InChI is InChI=1S/C20H17NO2S/c1-13-10-17(19(23)11-14(13)2)18(22)9-8-16-12-24-20(21-16)15-6-4-3-5-7-15/h3-12,23H,1-2H3/b9-8+. The van der Waals surface area contributed by atoms with E-state index in [1.807, 2.05) is 49.6 Å². The van der Waals surface area contributed by atoms with E-state index in [1.54, 1.807) is 18.2 Å². The number of carbonyl (C=O) groups excluding carboxylic acids is 1. The van der Waals surface area contributed by atoms with Crippen LogP contribution in [0.5, 0.6) is 5.75 Å². The van der Waals surface area contributed by atoms with Crippen LogP contribution in [0.4, 0.5) is 0 Å². The molecule has 3 aromatic rings. The Hall–Kier alpha value is -2.72. The maximum atomic E-state index is 12.3. The van der Waals surface area contributed by atoms with Crippen molar-refractivity contribution < 1.29 is 9.90 Å². The lowest BCUT2D eigenvalue weighted by Gasteiger charge is -2.05. The Morgan fingerprint density at radius 1 is 1.12 bits per heavy atom. The molecule has 3 nitrogen and oxygen atoms in total. The Labute approximate surface area is 144 Å². The van der Waals surface area contributed by atoms with Crippen LogP contribution >= 0.6 is 11.3 Å². The van der Waals surface area contributed by atoms with Gasteiger partial charge in [-0.3, -0.25) is 4.79 Å². The van der Waals surface area contributed by atoms with Gasteiger partial charge in [-0.25, -0.2) is 4.98 Å². The van der Waals surface area contributed by atoms with Crippen LogP contribution in [0.1, 0.15) is 27.2 Å². The van der Waals surface area contributed by atoms with Gasteiger partial charge in [-0.05, 0) is 49.3 Å². The second-order valence-electron chi connectivity index (χ2n) is 5.59. The van der Waals surface area contributed by atoms with Gasteiger partial charge in [0.2, 0.25) is 0 Å². The van der Waals surface area contributed by atoms with E-state index < -0.39 is 0 Å². The second-order valence-corrected chi connectivity index (χ2v) is 6.45. The number of carbonyl (C=O) groups is 1. The Kier molecular flexibility index (Phi) is 4.58. The predicted octanol–water partition coefficient (Wildman–Crippen LogP) is 5.03. The number of phenolic OH excluding ortho intramolecular Hbond substituents is 1. The minimum absolute atomic E-state index is 0.0102. The lowest BCUT2D eigenvalue weighted by Crippen LogP contribution is -1.97. The first kappa shape index (κ1) is 16.1. The summed E-state index contributed by atoms with van der Waals surface area (Å²) >= 11 is 1.53. The molecule has 24 heavy (non-hydrogen) atoms. The van der Waals surface area contributed by atoms with Crippen molar-refractivity contribution >= 4 is 23.2 Å². The molecule has 0 unspecified atom stereocenters. The Morgan fingerprint density at radius 3 is 2.58 bits per heavy atom. The van der Waals surface area contributed by atoms with Crippen molar-refractivity contribution in [3.8, 4) is 16.3 Å². The molecule has 0 aliphatic heterocycles. The number of hydrogen-bond acceptors (Lipinski definition) is 4. The Morgan fingerprint density at radius 2 is 1.83 bits per heavy atom. The van der Waals surface area contributed by atoms with Crippen LogP contribution in [-0.4, -0.2) is 15.9 Å². The van der Waals surface area contributed by atoms with E-state index in [4.69, 9.17) is 0 Å². The summed E-state index contributed by atoms with van der Waals surface area (Å²) in [7, 11) is 0. The van der Waals surface area contributed by atoms with Gasteiger partial charge in [0.05, 0.1) is 11.3 Å².